The van der Waals surface area contributed by atoms with E-state index >= 15 is 0 Å². The van der Waals surface area contributed by atoms with Crippen LogP contribution in [-0.4, -0.2) is 33.0 Å². The summed E-state index contributed by atoms with van der Waals surface area (Å²) in [6.45, 7) is 4.22. The number of benzene rings is 1. The average Bonchev–Trinajstić information content (AvgIpc) is 3.19. The fourth-order valence-corrected chi connectivity index (χ4v) is 5.61. The summed E-state index contributed by atoms with van der Waals surface area (Å²) in [5, 5.41) is 0.674. The SMILES string of the molecule is Cc1ccc(S(=O)(=O)NCC(c2cccc(Cl)c2)N2CCCC2)s1. The van der Waals surface area contributed by atoms with Crippen LogP contribution in [0.1, 0.15) is 29.3 Å². The number of nitrogens with one attached hydrogen (secondary N) is 1. The first-order chi connectivity index (χ1) is 11.5. The number of likely N-dealkylation sites (tertiary alicyclic amines) is 1. The molecule has 1 atom stereocenters. The highest BCUT2D eigenvalue weighted by Crippen LogP contribution is 2.27. The Kier molecular flexibility index (Phi) is 5.62. The van der Waals surface area contributed by atoms with Crippen LogP contribution in [0.3, 0.4) is 0 Å². The van der Waals surface area contributed by atoms with Crippen molar-refractivity contribution in [3.05, 3.63) is 51.9 Å². The van der Waals surface area contributed by atoms with Crippen molar-refractivity contribution in [1.29, 1.82) is 0 Å². The van der Waals surface area contributed by atoms with Crippen LogP contribution >= 0.6 is 22.9 Å². The first-order valence-electron chi connectivity index (χ1n) is 8.01. The van der Waals surface area contributed by atoms with Crippen LogP contribution in [0.25, 0.3) is 0 Å². The van der Waals surface area contributed by atoms with Crippen LogP contribution < -0.4 is 4.72 Å². The van der Waals surface area contributed by atoms with Crippen LogP contribution in [0.4, 0.5) is 0 Å². The Balaban J connectivity index is 1.79. The van der Waals surface area contributed by atoms with Gasteiger partial charge in [0.1, 0.15) is 4.21 Å². The van der Waals surface area contributed by atoms with Crippen LogP contribution in [-0.2, 0) is 10.0 Å². The number of rotatable bonds is 6. The molecule has 0 bridgehead atoms. The average molecular weight is 385 g/mol. The molecule has 1 aliphatic rings. The van der Waals surface area contributed by atoms with E-state index in [9.17, 15) is 8.42 Å². The van der Waals surface area contributed by atoms with Gasteiger partial charge in [-0.2, -0.15) is 0 Å². The van der Waals surface area contributed by atoms with Crippen molar-refractivity contribution in [3.8, 4) is 0 Å². The van der Waals surface area contributed by atoms with Crippen molar-refractivity contribution >= 4 is 33.0 Å². The number of sulfonamides is 1. The van der Waals surface area contributed by atoms with Gasteiger partial charge < -0.3 is 0 Å². The largest absolute Gasteiger partial charge is 0.295 e. The number of nitrogens with zero attached hydrogens (tertiary/aromatic N) is 1. The van der Waals surface area contributed by atoms with Crippen molar-refractivity contribution < 1.29 is 8.42 Å². The lowest BCUT2D eigenvalue weighted by Gasteiger charge is -2.28. The van der Waals surface area contributed by atoms with Crippen molar-refractivity contribution in [2.45, 2.75) is 30.0 Å². The van der Waals surface area contributed by atoms with Gasteiger partial charge >= 0.3 is 0 Å². The number of hydrogen-bond donors (Lipinski definition) is 1. The molecule has 1 aliphatic heterocycles. The van der Waals surface area contributed by atoms with Crippen molar-refractivity contribution in [2.24, 2.45) is 0 Å². The Morgan fingerprint density at radius 1 is 1.25 bits per heavy atom. The Labute approximate surface area is 152 Å². The van der Waals surface area contributed by atoms with E-state index in [0.717, 1.165) is 36.4 Å². The van der Waals surface area contributed by atoms with E-state index in [0.29, 0.717) is 15.8 Å². The molecule has 0 aliphatic carbocycles. The van der Waals surface area contributed by atoms with Gasteiger partial charge in [-0.15, -0.1) is 11.3 Å². The van der Waals surface area contributed by atoms with Crippen LogP contribution in [0.2, 0.25) is 5.02 Å². The minimum Gasteiger partial charge on any atom is -0.295 e. The molecule has 1 aromatic heterocycles. The third kappa shape index (κ3) is 4.18. The molecule has 0 amide bonds. The molecule has 0 spiro atoms. The zero-order chi connectivity index (χ0) is 17.2. The van der Waals surface area contributed by atoms with E-state index < -0.39 is 10.0 Å². The van der Waals surface area contributed by atoms with Gasteiger partial charge in [-0.1, -0.05) is 23.7 Å². The molecule has 3 rings (SSSR count). The van der Waals surface area contributed by atoms with E-state index in [1.54, 1.807) is 6.07 Å². The second-order valence-corrected chi connectivity index (χ2v) is 9.75. The summed E-state index contributed by atoms with van der Waals surface area (Å²) in [5.74, 6) is 0. The summed E-state index contributed by atoms with van der Waals surface area (Å²) in [4.78, 5) is 3.31. The molecule has 1 unspecified atom stereocenters. The Morgan fingerprint density at radius 2 is 2.00 bits per heavy atom. The van der Waals surface area contributed by atoms with E-state index in [-0.39, 0.29) is 6.04 Å². The molecule has 1 saturated heterocycles. The van der Waals surface area contributed by atoms with E-state index in [4.69, 9.17) is 11.6 Å². The van der Waals surface area contributed by atoms with Crippen molar-refractivity contribution in [2.75, 3.05) is 19.6 Å². The Morgan fingerprint density at radius 3 is 2.62 bits per heavy atom. The smallest absolute Gasteiger partial charge is 0.250 e. The van der Waals surface area contributed by atoms with Crippen LogP contribution in [0, 0.1) is 6.92 Å². The summed E-state index contributed by atoms with van der Waals surface area (Å²) in [5.41, 5.74) is 1.05. The molecule has 1 aromatic carbocycles. The molecule has 1 fully saturated rings. The van der Waals surface area contributed by atoms with Gasteiger partial charge in [0.05, 0.1) is 0 Å². The molecule has 4 nitrogen and oxygen atoms in total. The minimum atomic E-state index is -3.47. The molecule has 24 heavy (non-hydrogen) atoms. The summed E-state index contributed by atoms with van der Waals surface area (Å²) in [6.07, 6.45) is 2.29. The maximum absolute atomic E-state index is 12.5. The van der Waals surface area contributed by atoms with Gasteiger partial charge in [0.2, 0.25) is 10.0 Å². The van der Waals surface area contributed by atoms with Gasteiger partial charge in [-0.3, -0.25) is 4.90 Å². The fraction of sp³-hybridized carbons (Fsp3) is 0.412. The lowest BCUT2D eigenvalue weighted by molar-refractivity contribution is 0.246. The van der Waals surface area contributed by atoms with Gasteiger partial charge in [0, 0.05) is 22.5 Å². The summed E-state index contributed by atoms with van der Waals surface area (Å²) >= 11 is 7.42. The predicted molar refractivity (Wildman–Crippen MR) is 99.2 cm³/mol. The van der Waals surface area contributed by atoms with Gasteiger partial charge in [-0.05, 0) is 62.7 Å². The predicted octanol–water partition coefficient (Wildman–Crippen LogP) is 3.83. The zero-order valence-corrected chi connectivity index (χ0v) is 15.9. The van der Waals surface area contributed by atoms with Crippen molar-refractivity contribution in [1.82, 2.24) is 9.62 Å². The lowest BCUT2D eigenvalue weighted by atomic mass is 10.1. The lowest BCUT2D eigenvalue weighted by Crippen LogP contribution is -2.36. The molecular weight excluding hydrogens is 364 g/mol. The zero-order valence-electron chi connectivity index (χ0n) is 13.5. The molecule has 1 N–H and O–H groups in total. The molecule has 7 heteroatoms. The quantitative estimate of drug-likeness (QED) is 0.823. The summed E-state index contributed by atoms with van der Waals surface area (Å²) in [6, 6.07) is 11.2. The monoisotopic (exact) mass is 384 g/mol. The minimum absolute atomic E-state index is 0.00188. The first kappa shape index (κ1) is 17.9. The molecule has 0 saturated carbocycles. The maximum Gasteiger partial charge on any atom is 0.250 e. The fourth-order valence-electron chi connectivity index (χ4n) is 3.04. The summed E-state index contributed by atoms with van der Waals surface area (Å²) < 4.78 is 28.2. The Bertz CT molecular complexity index is 798. The van der Waals surface area contributed by atoms with Gasteiger partial charge in [0.15, 0.2) is 0 Å². The van der Waals surface area contributed by atoms with E-state index in [1.165, 1.54) is 11.3 Å². The standard InChI is InChI=1S/C17H21ClN2O2S2/c1-13-7-8-17(23-13)24(21,22)19-12-16(20-9-2-3-10-20)14-5-4-6-15(18)11-14/h4-8,11,16,19H,2-3,9-10,12H2,1H3. The maximum atomic E-state index is 12.5. The molecule has 2 aromatic rings. The number of hydrogen-bond acceptors (Lipinski definition) is 4. The second kappa shape index (κ2) is 7.54. The van der Waals surface area contributed by atoms with Crippen molar-refractivity contribution in [3.63, 3.8) is 0 Å². The highest BCUT2D eigenvalue weighted by Gasteiger charge is 2.26. The van der Waals surface area contributed by atoms with Gasteiger partial charge in [0.25, 0.3) is 0 Å². The van der Waals surface area contributed by atoms with Crippen LogP contribution in [0.5, 0.6) is 0 Å². The van der Waals surface area contributed by atoms with Crippen LogP contribution in [0.15, 0.2) is 40.6 Å². The van der Waals surface area contributed by atoms with E-state index in [2.05, 4.69) is 9.62 Å². The Hall–Kier alpha value is -0.920. The molecular formula is C17H21ClN2O2S2. The molecule has 0 radical (unpaired) electrons. The summed E-state index contributed by atoms with van der Waals surface area (Å²) in [7, 11) is -3.47. The highest BCUT2D eigenvalue weighted by molar-refractivity contribution is 7.91. The normalized spacial score (nSPS) is 17.2. The topological polar surface area (TPSA) is 49.4 Å². The van der Waals surface area contributed by atoms with Gasteiger partial charge in [-0.25, -0.2) is 13.1 Å². The van der Waals surface area contributed by atoms with E-state index in [1.807, 2.05) is 37.3 Å². The highest BCUT2D eigenvalue weighted by atomic mass is 35.5. The third-order valence-corrected chi connectivity index (χ3v) is 7.41. The molecule has 130 valence electrons. The number of halogens is 1. The number of thiophene rings is 1. The molecule has 2 heterocycles. The second-order valence-electron chi connectivity index (χ2n) is 6.03. The third-order valence-electron chi connectivity index (χ3n) is 4.26. The first-order valence-corrected chi connectivity index (χ1v) is 10.7. The number of aryl methyl sites for hydroxylation is 1.